The van der Waals surface area contributed by atoms with Crippen LogP contribution < -0.4 is 5.32 Å². The molecule has 0 fully saturated rings. The Bertz CT molecular complexity index is 987. The normalized spacial score (nSPS) is 10.9. The molecule has 0 saturated carbocycles. The van der Waals surface area contributed by atoms with Gasteiger partial charge in [-0.25, -0.2) is 4.98 Å². The molecule has 3 heteroatoms. The Kier molecular flexibility index (Phi) is 4.21. The van der Waals surface area contributed by atoms with Crippen molar-refractivity contribution >= 4 is 16.7 Å². The van der Waals surface area contributed by atoms with Gasteiger partial charge in [0.15, 0.2) is 0 Å². The van der Waals surface area contributed by atoms with Crippen molar-refractivity contribution in [1.82, 2.24) is 9.55 Å². The van der Waals surface area contributed by atoms with Crippen LogP contribution in [0, 0.1) is 6.92 Å². The van der Waals surface area contributed by atoms with Crippen LogP contribution in [0.3, 0.4) is 0 Å². The van der Waals surface area contributed by atoms with Crippen molar-refractivity contribution in [2.75, 3.05) is 5.32 Å². The average Bonchev–Trinajstić information content (AvgIpc) is 3.00. The molecule has 0 saturated heterocycles. The molecule has 1 heterocycles. The van der Waals surface area contributed by atoms with E-state index in [1.165, 1.54) is 16.6 Å². The molecule has 3 nitrogen and oxygen atoms in total. The van der Waals surface area contributed by atoms with Gasteiger partial charge in [0, 0.05) is 12.2 Å². The molecule has 25 heavy (non-hydrogen) atoms. The van der Waals surface area contributed by atoms with Crippen LogP contribution in [-0.2, 0) is 13.1 Å². The SMILES string of the molecule is Cc1ccccc1NCc1nc2ccccc2n1Cc1ccccc1. The Morgan fingerprint density at radius 3 is 2.40 bits per heavy atom. The third-order valence-electron chi connectivity index (χ3n) is 4.50. The van der Waals surface area contributed by atoms with Crippen molar-refractivity contribution in [1.29, 1.82) is 0 Å². The fourth-order valence-electron chi connectivity index (χ4n) is 3.15. The summed E-state index contributed by atoms with van der Waals surface area (Å²) in [5.41, 5.74) is 5.89. The van der Waals surface area contributed by atoms with E-state index in [1.54, 1.807) is 0 Å². The molecule has 0 amide bonds. The number of nitrogens with one attached hydrogen (secondary N) is 1. The zero-order chi connectivity index (χ0) is 17.1. The molecule has 0 spiro atoms. The van der Waals surface area contributed by atoms with Crippen molar-refractivity contribution in [2.45, 2.75) is 20.0 Å². The second-order valence-corrected chi connectivity index (χ2v) is 6.26. The van der Waals surface area contributed by atoms with Gasteiger partial charge < -0.3 is 9.88 Å². The first-order valence-electron chi connectivity index (χ1n) is 8.59. The van der Waals surface area contributed by atoms with Crippen LogP contribution in [0.4, 0.5) is 5.69 Å². The molecule has 1 aromatic heterocycles. The molecule has 0 aliphatic heterocycles. The van der Waals surface area contributed by atoms with Gasteiger partial charge in [-0.3, -0.25) is 0 Å². The van der Waals surface area contributed by atoms with Gasteiger partial charge in [-0.1, -0.05) is 60.7 Å². The standard InChI is InChI=1S/C22H21N3/c1-17-9-5-6-12-19(17)23-15-22-24-20-13-7-8-14-21(20)25(22)16-18-10-3-2-4-11-18/h2-14,23H,15-16H2,1H3. The van der Waals surface area contributed by atoms with E-state index in [0.29, 0.717) is 6.54 Å². The van der Waals surface area contributed by atoms with Gasteiger partial charge in [0.2, 0.25) is 0 Å². The molecule has 4 rings (SSSR count). The van der Waals surface area contributed by atoms with Gasteiger partial charge in [0.05, 0.1) is 17.6 Å². The fraction of sp³-hybridized carbons (Fsp3) is 0.136. The minimum atomic E-state index is 0.701. The molecule has 0 aliphatic carbocycles. The Morgan fingerprint density at radius 2 is 1.56 bits per heavy atom. The molecule has 124 valence electrons. The van der Waals surface area contributed by atoms with Crippen molar-refractivity contribution in [2.24, 2.45) is 0 Å². The van der Waals surface area contributed by atoms with E-state index in [9.17, 15) is 0 Å². The molecule has 0 bridgehead atoms. The second kappa shape index (κ2) is 6.81. The van der Waals surface area contributed by atoms with Crippen LogP contribution in [0.1, 0.15) is 17.0 Å². The first-order valence-corrected chi connectivity index (χ1v) is 8.59. The zero-order valence-corrected chi connectivity index (χ0v) is 14.3. The smallest absolute Gasteiger partial charge is 0.129 e. The Hall–Kier alpha value is -3.07. The minimum absolute atomic E-state index is 0.701. The number of hydrogen-bond acceptors (Lipinski definition) is 2. The lowest BCUT2D eigenvalue weighted by Gasteiger charge is -2.12. The lowest BCUT2D eigenvalue weighted by atomic mass is 10.2. The summed E-state index contributed by atoms with van der Waals surface area (Å²) in [6.45, 7) is 3.65. The monoisotopic (exact) mass is 327 g/mol. The summed E-state index contributed by atoms with van der Waals surface area (Å²) in [6, 6.07) is 27.2. The lowest BCUT2D eigenvalue weighted by Crippen LogP contribution is -2.10. The maximum absolute atomic E-state index is 4.85. The highest BCUT2D eigenvalue weighted by Gasteiger charge is 2.11. The largest absolute Gasteiger partial charge is 0.378 e. The van der Waals surface area contributed by atoms with E-state index >= 15 is 0 Å². The molecular formula is C22H21N3. The molecule has 0 radical (unpaired) electrons. The third kappa shape index (κ3) is 3.26. The molecule has 0 aliphatic rings. The first-order chi connectivity index (χ1) is 12.3. The number of aryl methyl sites for hydroxylation is 1. The molecule has 1 N–H and O–H groups in total. The Labute approximate surface area is 148 Å². The van der Waals surface area contributed by atoms with E-state index in [-0.39, 0.29) is 0 Å². The maximum Gasteiger partial charge on any atom is 0.129 e. The van der Waals surface area contributed by atoms with Gasteiger partial charge in [0.1, 0.15) is 5.82 Å². The number of hydrogen-bond donors (Lipinski definition) is 1. The van der Waals surface area contributed by atoms with Crippen LogP contribution in [-0.4, -0.2) is 9.55 Å². The van der Waals surface area contributed by atoms with Crippen LogP contribution >= 0.6 is 0 Å². The highest BCUT2D eigenvalue weighted by Crippen LogP contribution is 2.20. The molecule has 0 unspecified atom stereocenters. The van der Waals surface area contributed by atoms with Gasteiger partial charge in [-0.15, -0.1) is 0 Å². The molecular weight excluding hydrogens is 306 g/mol. The Morgan fingerprint density at radius 1 is 0.840 bits per heavy atom. The van der Waals surface area contributed by atoms with Crippen molar-refractivity contribution in [3.8, 4) is 0 Å². The van der Waals surface area contributed by atoms with E-state index in [2.05, 4.69) is 89.6 Å². The predicted octanol–water partition coefficient (Wildman–Crippen LogP) is 5.01. The third-order valence-corrected chi connectivity index (χ3v) is 4.50. The topological polar surface area (TPSA) is 29.9 Å². The van der Waals surface area contributed by atoms with Gasteiger partial charge in [0.25, 0.3) is 0 Å². The number of para-hydroxylation sites is 3. The predicted molar refractivity (Wildman–Crippen MR) is 104 cm³/mol. The molecule has 0 atom stereocenters. The average molecular weight is 327 g/mol. The van der Waals surface area contributed by atoms with Gasteiger partial charge >= 0.3 is 0 Å². The van der Waals surface area contributed by atoms with Crippen molar-refractivity contribution in [3.05, 3.63) is 95.8 Å². The van der Waals surface area contributed by atoms with Crippen LogP contribution in [0.25, 0.3) is 11.0 Å². The van der Waals surface area contributed by atoms with E-state index in [1.807, 2.05) is 6.07 Å². The summed E-state index contributed by atoms with van der Waals surface area (Å²) >= 11 is 0. The van der Waals surface area contributed by atoms with Crippen LogP contribution in [0.15, 0.2) is 78.9 Å². The van der Waals surface area contributed by atoms with E-state index in [4.69, 9.17) is 4.98 Å². The quantitative estimate of drug-likeness (QED) is 0.559. The number of fused-ring (bicyclic) bond motifs is 1. The van der Waals surface area contributed by atoms with Crippen molar-refractivity contribution in [3.63, 3.8) is 0 Å². The molecule has 4 aromatic rings. The number of rotatable bonds is 5. The fourth-order valence-corrected chi connectivity index (χ4v) is 3.15. The first kappa shape index (κ1) is 15.5. The van der Waals surface area contributed by atoms with E-state index < -0.39 is 0 Å². The van der Waals surface area contributed by atoms with Crippen LogP contribution in [0.2, 0.25) is 0 Å². The Balaban J connectivity index is 1.68. The summed E-state index contributed by atoms with van der Waals surface area (Å²) in [5, 5.41) is 3.53. The summed E-state index contributed by atoms with van der Waals surface area (Å²) in [4.78, 5) is 4.85. The highest BCUT2D eigenvalue weighted by molar-refractivity contribution is 5.76. The number of imidazole rings is 1. The lowest BCUT2D eigenvalue weighted by molar-refractivity contribution is 0.756. The molecule has 3 aromatic carbocycles. The summed E-state index contributed by atoms with van der Waals surface area (Å²) < 4.78 is 2.30. The van der Waals surface area contributed by atoms with E-state index in [0.717, 1.165) is 23.6 Å². The van der Waals surface area contributed by atoms with Crippen LogP contribution in [0.5, 0.6) is 0 Å². The summed E-state index contributed by atoms with van der Waals surface area (Å²) in [5.74, 6) is 1.05. The maximum atomic E-state index is 4.85. The summed E-state index contributed by atoms with van der Waals surface area (Å²) in [6.07, 6.45) is 0. The van der Waals surface area contributed by atoms with Gasteiger partial charge in [-0.2, -0.15) is 0 Å². The minimum Gasteiger partial charge on any atom is -0.378 e. The zero-order valence-electron chi connectivity index (χ0n) is 14.3. The van der Waals surface area contributed by atoms with Crippen molar-refractivity contribution < 1.29 is 0 Å². The second-order valence-electron chi connectivity index (χ2n) is 6.26. The summed E-state index contributed by atoms with van der Waals surface area (Å²) in [7, 11) is 0. The highest BCUT2D eigenvalue weighted by atomic mass is 15.1. The number of nitrogens with zero attached hydrogens (tertiary/aromatic N) is 2. The number of anilines is 1. The number of aromatic nitrogens is 2. The number of benzene rings is 3. The van der Waals surface area contributed by atoms with Gasteiger partial charge in [-0.05, 0) is 36.2 Å².